The Balaban J connectivity index is 2.13. The lowest BCUT2D eigenvalue weighted by Crippen LogP contribution is -2.19. The van der Waals surface area contributed by atoms with E-state index in [1.807, 2.05) is 19.2 Å². The Labute approximate surface area is 134 Å². The average molecular weight is 320 g/mol. The molecule has 0 aliphatic carbocycles. The van der Waals surface area contributed by atoms with Crippen molar-refractivity contribution in [2.45, 2.75) is 17.4 Å². The van der Waals surface area contributed by atoms with Gasteiger partial charge in [-0.1, -0.05) is 29.8 Å². The Morgan fingerprint density at radius 2 is 2.05 bits per heavy atom. The van der Waals surface area contributed by atoms with Crippen molar-refractivity contribution in [3.8, 4) is 5.75 Å². The van der Waals surface area contributed by atoms with Gasteiger partial charge in [0.1, 0.15) is 5.75 Å². The number of benzene rings is 2. The maximum absolute atomic E-state index is 6.30. The van der Waals surface area contributed by atoms with Crippen molar-refractivity contribution in [2.75, 3.05) is 19.9 Å². The first kappa shape index (κ1) is 14.8. The highest BCUT2D eigenvalue weighted by molar-refractivity contribution is 7.98. The third-order valence-electron chi connectivity index (χ3n) is 3.83. The van der Waals surface area contributed by atoms with Crippen LogP contribution in [0.3, 0.4) is 0 Å². The third kappa shape index (κ3) is 2.78. The summed E-state index contributed by atoms with van der Waals surface area (Å²) < 4.78 is 5.86. The van der Waals surface area contributed by atoms with Crippen LogP contribution < -0.4 is 10.1 Å². The van der Waals surface area contributed by atoms with Crippen molar-refractivity contribution >= 4 is 23.4 Å². The molecule has 2 nitrogen and oxygen atoms in total. The van der Waals surface area contributed by atoms with E-state index >= 15 is 0 Å². The maximum Gasteiger partial charge on any atom is 0.127 e. The molecule has 3 rings (SSSR count). The molecule has 0 saturated carbocycles. The lowest BCUT2D eigenvalue weighted by atomic mass is 9.96. The van der Waals surface area contributed by atoms with Crippen LogP contribution in [0.15, 0.2) is 41.3 Å². The predicted octanol–water partition coefficient (Wildman–Crippen LogP) is 4.31. The van der Waals surface area contributed by atoms with Crippen LogP contribution in [-0.2, 0) is 6.42 Å². The Bertz CT molecular complexity index is 659. The number of hydrogen-bond donors (Lipinski definition) is 1. The van der Waals surface area contributed by atoms with E-state index in [9.17, 15) is 0 Å². The van der Waals surface area contributed by atoms with E-state index in [4.69, 9.17) is 16.3 Å². The van der Waals surface area contributed by atoms with Crippen LogP contribution in [0.4, 0.5) is 0 Å². The van der Waals surface area contributed by atoms with E-state index in [0.29, 0.717) is 0 Å². The molecule has 0 amide bonds. The fourth-order valence-electron chi connectivity index (χ4n) is 2.90. The number of ether oxygens (including phenoxy) is 1. The van der Waals surface area contributed by atoms with Crippen molar-refractivity contribution in [3.05, 3.63) is 58.1 Å². The Morgan fingerprint density at radius 1 is 1.24 bits per heavy atom. The highest BCUT2D eigenvalue weighted by atomic mass is 35.5. The van der Waals surface area contributed by atoms with Gasteiger partial charge in [-0.15, -0.1) is 11.8 Å². The molecule has 2 aromatic rings. The molecule has 0 fully saturated rings. The third-order valence-corrected chi connectivity index (χ3v) is 4.86. The average Bonchev–Trinajstić information content (AvgIpc) is 2.96. The molecule has 4 heteroatoms. The number of hydrogen-bond acceptors (Lipinski definition) is 3. The van der Waals surface area contributed by atoms with Gasteiger partial charge < -0.3 is 10.1 Å². The lowest BCUT2D eigenvalue weighted by Gasteiger charge is -2.22. The van der Waals surface area contributed by atoms with E-state index in [-0.39, 0.29) is 6.04 Å². The fraction of sp³-hybridized carbons (Fsp3) is 0.294. The van der Waals surface area contributed by atoms with Crippen molar-refractivity contribution in [1.82, 2.24) is 5.32 Å². The molecule has 1 aliphatic rings. The Morgan fingerprint density at radius 3 is 2.81 bits per heavy atom. The summed E-state index contributed by atoms with van der Waals surface area (Å²) in [5.74, 6) is 0.995. The SMILES string of the molecule is CNC(c1ccccc1SC)c1cc(Cl)cc2c1OCC2. The van der Waals surface area contributed by atoms with Crippen LogP contribution in [0.2, 0.25) is 5.02 Å². The smallest absolute Gasteiger partial charge is 0.127 e. The predicted molar refractivity (Wildman–Crippen MR) is 89.8 cm³/mol. The van der Waals surface area contributed by atoms with Gasteiger partial charge in [0.2, 0.25) is 0 Å². The molecule has 1 unspecified atom stereocenters. The standard InChI is InChI=1S/C17H18ClNOS/c1-19-16(13-5-3-4-6-15(13)21-2)14-10-12(18)9-11-7-8-20-17(11)14/h3-6,9-10,16,19H,7-8H2,1-2H3. The highest BCUT2D eigenvalue weighted by Gasteiger charge is 2.24. The fourth-order valence-corrected chi connectivity index (χ4v) is 3.78. The summed E-state index contributed by atoms with van der Waals surface area (Å²) in [6, 6.07) is 12.6. The molecule has 1 N–H and O–H groups in total. The normalized spacial score (nSPS) is 14.6. The molecule has 1 aliphatic heterocycles. The number of thioether (sulfide) groups is 1. The van der Waals surface area contributed by atoms with Gasteiger partial charge in [-0.25, -0.2) is 0 Å². The molecule has 1 atom stereocenters. The van der Waals surface area contributed by atoms with Crippen LogP contribution >= 0.6 is 23.4 Å². The molecule has 0 aromatic heterocycles. The van der Waals surface area contributed by atoms with Crippen molar-refractivity contribution in [2.24, 2.45) is 0 Å². The summed E-state index contributed by atoms with van der Waals surface area (Å²) in [5.41, 5.74) is 3.59. The summed E-state index contributed by atoms with van der Waals surface area (Å²) >= 11 is 8.06. The number of fused-ring (bicyclic) bond motifs is 1. The van der Waals surface area contributed by atoms with Gasteiger partial charge in [-0.05, 0) is 42.6 Å². The van der Waals surface area contributed by atoms with Crippen molar-refractivity contribution < 1.29 is 4.74 Å². The Kier molecular flexibility index (Phi) is 4.43. The molecule has 0 saturated heterocycles. The van der Waals surface area contributed by atoms with Crippen LogP contribution in [0.1, 0.15) is 22.7 Å². The summed E-state index contributed by atoms with van der Waals surface area (Å²) in [7, 11) is 1.98. The van der Waals surface area contributed by atoms with Gasteiger partial charge in [0.05, 0.1) is 12.6 Å². The second-order valence-electron chi connectivity index (χ2n) is 5.05. The van der Waals surface area contributed by atoms with Gasteiger partial charge in [0.15, 0.2) is 0 Å². The quantitative estimate of drug-likeness (QED) is 0.849. The number of halogens is 1. The van der Waals surface area contributed by atoms with Gasteiger partial charge in [0, 0.05) is 21.9 Å². The van der Waals surface area contributed by atoms with E-state index in [1.165, 1.54) is 16.0 Å². The van der Waals surface area contributed by atoms with Crippen molar-refractivity contribution in [3.63, 3.8) is 0 Å². The Hall–Kier alpha value is -1.16. The van der Waals surface area contributed by atoms with Gasteiger partial charge in [-0.2, -0.15) is 0 Å². The van der Waals surface area contributed by atoms with Gasteiger partial charge in [-0.3, -0.25) is 0 Å². The molecule has 0 radical (unpaired) electrons. The van der Waals surface area contributed by atoms with E-state index < -0.39 is 0 Å². The minimum atomic E-state index is 0.0826. The van der Waals surface area contributed by atoms with Gasteiger partial charge >= 0.3 is 0 Å². The number of nitrogens with one attached hydrogen (secondary N) is 1. The molecule has 0 bridgehead atoms. The lowest BCUT2D eigenvalue weighted by molar-refractivity contribution is 0.351. The van der Waals surface area contributed by atoms with E-state index in [0.717, 1.165) is 29.4 Å². The van der Waals surface area contributed by atoms with E-state index in [1.54, 1.807) is 11.8 Å². The van der Waals surface area contributed by atoms with Crippen molar-refractivity contribution in [1.29, 1.82) is 0 Å². The molecule has 2 aromatic carbocycles. The van der Waals surface area contributed by atoms with E-state index in [2.05, 4.69) is 35.8 Å². The topological polar surface area (TPSA) is 21.3 Å². The first-order valence-corrected chi connectivity index (χ1v) is 8.60. The molecule has 0 spiro atoms. The molecular formula is C17H18ClNOS. The second kappa shape index (κ2) is 6.30. The van der Waals surface area contributed by atoms with Crippen LogP contribution in [0, 0.1) is 0 Å². The van der Waals surface area contributed by atoms with Crippen LogP contribution in [0.25, 0.3) is 0 Å². The largest absolute Gasteiger partial charge is 0.493 e. The molecule has 1 heterocycles. The summed E-state index contributed by atoms with van der Waals surface area (Å²) in [5, 5.41) is 4.19. The zero-order valence-electron chi connectivity index (χ0n) is 12.2. The molecule has 110 valence electrons. The number of rotatable bonds is 4. The maximum atomic E-state index is 6.30. The molecule has 21 heavy (non-hydrogen) atoms. The summed E-state index contributed by atoms with van der Waals surface area (Å²) in [4.78, 5) is 1.27. The zero-order chi connectivity index (χ0) is 14.8. The zero-order valence-corrected chi connectivity index (χ0v) is 13.7. The molecular weight excluding hydrogens is 302 g/mol. The minimum Gasteiger partial charge on any atom is -0.493 e. The summed E-state index contributed by atoms with van der Waals surface area (Å²) in [6.45, 7) is 0.739. The first-order valence-electron chi connectivity index (χ1n) is 7.00. The summed E-state index contributed by atoms with van der Waals surface area (Å²) in [6.07, 6.45) is 3.04. The monoisotopic (exact) mass is 319 g/mol. The van der Waals surface area contributed by atoms with Crippen LogP contribution in [-0.4, -0.2) is 19.9 Å². The highest BCUT2D eigenvalue weighted by Crippen LogP contribution is 2.40. The van der Waals surface area contributed by atoms with Gasteiger partial charge in [0.25, 0.3) is 0 Å². The second-order valence-corrected chi connectivity index (χ2v) is 6.33. The minimum absolute atomic E-state index is 0.0826. The van der Waals surface area contributed by atoms with Crippen LogP contribution in [0.5, 0.6) is 5.75 Å². The first-order chi connectivity index (χ1) is 10.2.